The molecule has 7 heteroatoms. The van der Waals surface area contributed by atoms with E-state index in [1.807, 2.05) is 0 Å². The van der Waals surface area contributed by atoms with E-state index in [0.717, 1.165) is 0 Å². The Morgan fingerprint density at radius 2 is 1.68 bits per heavy atom. The van der Waals surface area contributed by atoms with Gasteiger partial charge in [-0.25, -0.2) is 9.59 Å². The van der Waals surface area contributed by atoms with E-state index in [-0.39, 0.29) is 22.4 Å². The van der Waals surface area contributed by atoms with Crippen molar-refractivity contribution >= 4 is 11.9 Å². The summed E-state index contributed by atoms with van der Waals surface area (Å²) in [6, 6.07) is 2.57. The highest BCUT2D eigenvalue weighted by Crippen LogP contribution is 2.30. The summed E-state index contributed by atoms with van der Waals surface area (Å²) in [5.41, 5.74) is 0.589. The Morgan fingerprint density at radius 1 is 1.21 bits per heavy atom. The van der Waals surface area contributed by atoms with Gasteiger partial charge in [-0.2, -0.15) is 8.78 Å². The standard InChI is InChI=1S/C12H12F2O5/c1-6-4-8(10(15)18-3)5-7(2)9(6)19-12(13,14)11(16)17/h4-5H,1-3H3,(H,16,17). The molecule has 19 heavy (non-hydrogen) atoms. The number of carboxylic acids is 1. The number of benzene rings is 1. The van der Waals surface area contributed by atoms with Crippen LogP contribution in [0.15, 0.2) is 12.1 Å². The predicted molar refractivity (Wildman–Crippen MR) is 60.5 cm³/mol. The van der Waals surface area contributed by atoms with E-state index >= 15 is 0 Å². The maximum atomic E-state index is 13.0. The number of carbonyl (C=O) groups is 2. The lowest BCUT2D eigenvalue weighted by atomic mass is 10.1. The first-order valence-corrected chi connectivity index (χ1v) is 5.19. The second-order valence-electron chi connectivity index (χ2n) is 3.85. The number of rotatable bonds is 4. The number of carbonyl (C=O) groups excluding carboxylic acids is 1. The lowest BCUT2D eigenvalue weighted by molar-refractivity contribution is -0.211. The van der Waals surface area contributed by atoms with Crippen LogP contribution in [0.4, 0.5) is 8.78 Å². The molecule has 0 atom stereocenters. The Balaban J connectivity index is 3.18. The molecule has 0 unspecified atom stereocenters. The van der Waals surface area contributed by atoms with Gasteiger partial charge >= 0.3 is 18.0 Å². The Labute approximate surface area is 107 Å². The first-order valence-electron chi connectivity index (χ1n) is 5.19. The van der Waals surface area contributed by atoms with Gasteiger partial charge in [0.15, 0.2) is 0 Å². The normalized spacial score (nSPS) is 11.0. The molecule has 0 aromatic heterocycles. The van der Waals surface area contributed by atoms with E-state index < -0.39 is 18.0 Å². The Kier molecular flexibility index (Phi) is 4.08. The van der Waals surface area contributed by atoms with E-state index in [2.05, 4.69) is 9.47 Å². The van der Waals surface area contributed by atoms with Crippen LogP contribution >= 0.6 is 0 Å². The highest BCUT2D eigenvalue weighted by Gasteiger charge is 2.43. The van der Waals surface area contributed by atoms with Crippen LogP contribution in [0.2, 0.25) is 0 Å². The zero-order valence-electron chi connectivity index (χ0n) is 10.5. The fraction of sp³-hybridized carbons (Fsp3) is 0.333. The summed E-state index contributed by atoms with van der Waals surface area (Å²) in [6.45, 7) is 2.85. The van der Waals surface area contributed by atoms with Crippen LogP contribution in [0.25, 0.3) is 0 Å². The van der Waals surface area contributed by atoms with Crippen molar-refractivity contribution in [3.05, 3.63) is 28.8 Å². The van der Waals surface area contributed by atoms with E-state index in [1.54, 1.807) is 0 Å². The number of ether oxygens (including phenoxy) is 2. The van der Waals surface area contributed by atoms with Gasteiger partial charge in [0.2, 0.25) is 0 Å². The minimum atomic E-state index is -4.33. The number of alkyl halides is 2. The molecule has 0 aliphatic carbocycles. The number of carboxylic acid groups (broad SMARTS) is 1. The lowest BCUT2D eigenvalue weighted by Crippen LogP contribution is -2.35. The topological polar surface area (TPSA) is 72.8 Å². The molecule has 0 amide bonds. The summed E-state index contributed by atoms with van der Waals surface area (Å²) in [4.78, 5) is 21.6. The Hall–Kier alpha value is -2.18. The summed E-state index contributed by atoms with van der Waals surface area (Å²) in [7, 11) is 1.19. The van der Waals surface area contributed by atoms with Gasteiger partial charge in [-0.3, -0.25) is 0 Å². The minimum Gasteiger partial charge on any atom is -0.474 e. The average molecular weight is 274 g/mol. The molecule has 0 aliphatic heterocycles. The van der Waals surface area contributed by atoms with Crippen molar-refractivity contribution in [2.24, 2.45) is 0 Å². The van der Waals surface area contributed by atoms with Crippen molar-refractivity contribution in [3.8, 4) is 5.75 Å². The number of hydrogen-bond acceptors (Lipinski definition) is 4. The average Bonchev–Trinajstić information content (AvgIpc) is 2.32. The second-order valence-corrected chi connectivity index (χ2v) is 3.85. The SMILES string of the molecule is COC(=O)c1cc(C)c(OC(F)(F)C(=O)O)c(C)c1. The maximum absolute atomic E-state index is 13.0. The maximum Gasteiger partial charge on any atom is 0.501 e. The fourth-order valence-corrected chi connectivity index (χ4v) is 1.52. The first-order chi connectivity index (χ1) is 8.69. The van der Waals surface area contributed by atoms with Crippen LogP contribution in [0, 0.1) is 13.8 Å². The molecule has 1 aromatic rings. The largest absolute Gasteiger partial charge is 0.501 e. The third-order valence-corrected chi connectivity index (χ3v) is 2.36. The van der Waals surface area contributed by atoms with Crippen molar-refractivity contribution in [2.45, 2.75) is 20.0 Å². The van der Waals surface area contributed by atoms with Crippen LogP contribution < -0.4 is 4.74 Å². The third-order valence-electron chi connectivity index (χ3n) is 2.36. The van der Waals surface area contributed by atoms with Gasteiger partial charge in [0.05, 0.1) is 12.7 Å². The quantitative estimate of drug-likeness (QED) is 0.851. The molecule has 0 spiro atoms. The molecule has 0 saturated heterocycles. The molecular formula is C12H12F2O5. The summed E-state index contributed by atoms with van der Waals surface area (Å²) >= 11 is 0. The van der Waals surface area contributed by atoms with E-state index in [4.69, 9.17) is 5.11 Å². The third kappa shape index (κ3) is 3.18. The molecule has 0 aliphatic rings. The highest BCUT2D eigenvalue weighted by molar-refractivity contribution is 5.90. The van der Waals surface area contributed by atoms with Crippen LogP contribution in [0.1, 0.15) is 21.5 Å². The molecular weight excluding hydrogens is 262 g/mol. The number of aliphatic carboxylic acids is 1. The van der Waals surface area contributed by atoms with Crippen LogP contribution in [-0.4, -0.2) is 30.3 Å². The highest BCUT2D eigenvalue weighted by atomic mass is 19.3. The van der Waals surface area contributed by atoms with Gasteiger partial charge < -0.3 is 14.6 Å². The molecule has 0 saturated carbocycles. The summed E-state index contributed by atoms with van der Waals surface area (Å²) < 4.78 is 34.7. The monoisotopic (exact) mass is 274 g/mol. The van der Waals surface area contributed by atoms with Gasteiger partial charge in [0, 0.05) is 0 Å². The van der Waals surface area contributed by atoms with Crippen LogP contribution in [0.3, 0.4) is 0 Å². The molecule has 0 radical (unpaired) electrons. The molecule has 1 N–H and O–H groups in total. The lowest BCUT2D eigenvalue weighted by Gasteiger charge is -2.17. The number of methoxy groups -OCH3 is 1. The second kappa shape index (κ2) is 5.21. The number of aryl methyl sites for hydroxylation is 2. The van der Waals surface area contributed by atoms with Crippen LogP contribution in [0.5, 0.6) is 5.75 Å². The molecule has 104 valence electrons. The first kappa shape index (κ1) is 14.9. The Bertz CT molecular complexity index is 502. The summed E-state index contributed by atoms with van der Waals surface area (Å²) in [6.07, 6.45) is -4.33. The van der Waals surface area contributed by atoms with E-state index in [0.29, 0.717) is 0 Å². The summed E-state index contributed by atoms with van der Waals surface area (Å²) in [5.74, 6) is -3.29. The Morgan fingerprint density at radius 3 is 2.05 bits per heavy atom. The minimum absolute atomic E-state index is 0.170. The predicted octanol–water partition coefficient (Wildman–Crippen LogP) is 2.15. The van der Waals surface area contributed by atoms with Crippen LogP contribution in [-0.2, 0) is 9.53 Å². The van der Waals surface area contributed by atoms with Crippen molar-refractivity contribution in [1.82, 2.24) is 0 Å². The number of hydrogen-bond donors (Lipinski definition) is 1. The van der Waals surface area contributed by atoms with Gasteiger partial charge in [-0.1, -0.05) is 0 Å². The van der Waals surface area contributed by atoms with E-state index in [1.165, 1.54) is 33.1 Å². The van der Waals surface area contributed by atoms with Gasteiger partial charge in [-0.15, -0.1) is 0 Å². The fourth-order valence-electron chi connectivity index (χ4n) is 1.52. The molecule has 1 aromatic carbocycles. The molecule has 0 fully saturated rings. The van der Waals surface area contributed by atoms with Crippen molar-refractivity contribution in [1.29, 1.82) is 0 Å². The smallest absolute Gasteiger partial charge is 0.474 e. The van der Waals surface area contributed by atoms with Gasteiger partial charge in [-0.05, 0) is 37.1 Å². The zero-order chi connectivity index (χ0) is 14.8. The van der Waals surface area contributed by atoms with Gasteiger partial charge in [0.1, 0.15) is 5.75 Å². The molecule has 0 bridgehead atoms. The molecule has 5 nitrogen and oxygen atoms in total. The zero-order valence-corrected chi connectivity index (χ0v) is 10.5. The van der Waals surface area contributed by atoms with Gasteiger partial charge in [0.25, 0.3) is 0 Å². The summed E-state index contributed by atoms with van der Waals surface area (Å²) in [5, 5.41) is 8.32. The van der Waals surface area contributed by atoms with Crippen molar-refractivity contribution < 1.29 is 33.0 Å². The van der Waals surface area contributed by atoms with Crippen molar-refractivity contribution in [2.75, 3.05) is 7.11 Å². The number of esters is 1. The molecule has 1 rings (SSSR count). The number of halogens is 2. The van der Waals surface area contributed by atoms with Crippen molar-refractivity contribution in [3.63, 3.8) is 0 Å². The van der Waals surface area contributed by atoms with E-state index in [9.17, 15) is 18.4 Å². The molecule has 0 heterocycles.